The van der Waals surface area contributed by atoms with E-state index >= 15 is 0 Å². The minimum absolute atomic E-state index is 0.0977. The molecular formula is C41H47N9O8. The van der Waals surface area contributed by atoms with E-state index in [1.807, 2.05) is 19.1 Å². The van der Waals surface area contributed by atoms with Gasteiger partial charge in [-0.15, -0.1) is 0 Å². The Hall–Kier alpha value is -6.33. The molecule has 3 fully saturated rings. The highest BCUT2D eigenvalue weighted by atomic mass is 16.6. The number of aliphatic carboxylic acids is 1. The lowest BCUT2D eigenvalue weighted by molar-refractivity contribution is -0.136. The zero-order valence-corrected chi connectivity index (χ0v) is 32.3. The summed E-state index contributed by atoms with van der Waals surface area (Å²) >= 11 is 0. The van der Waals surface area contributed by atoms with Crippen molar-refractivity contribution in [2.75, 3.05) is 92.7 Å². The molecule has 4 heterocycles. The van der Waals surface area contributed by atoms with Crippen LogP contribution in [0.1, 0.15) is 35.7 Å². The van der Waals surface area contributed by atoms with Crippen LogP contribution in [0.3, 0.4) is 0 Å². The molecule has 0 spiro atoms. The topological polar surface area (TPSA) is 192 Å². The SMILES string of the molecule is CCN(C(=O)Oc1ccc(CC(=O)O)cc1)C1CCN(C(=O)c2ccc(NC(=O)Nc3ccc(-c4nc(N5CCOCC5)nc(N5CCOCC5)n4)cc3)cc2)CC1. The largest absolute Gasteiger partial charge is 0.481 e. The van der Waals surface area contributed by atoms with Crippen LogP contribution in [0.2, 0.25) is 0 Å². The average Bonchev–Trinajstić information content (AvgIpc) is 3.25. The van der Waals surface area contributed by atoms with Crippen LogP contribution in [-0.4, -0.2) is 132 Å². The Morgan fingerprint density at radius 1 is 0.741 bits per heavy atom. The maximum absolute atomic E-state index is 13.4. The summed E-state index contributed by atoms with van der Waals surface area (Å²) in [5, 5.41) is 14.6. The summed E-state index contributed by atoms with van der Waals surface area (Å²) in [4.78, 5) is 72.3. The second kappa shape index (κ2) is 18.7. The minimum Gasteiger partial charge on any atom is -0.481 e. The van der Waals surface area contributed by atoms with E-state index < -0.39 is 18.1 Å². The number of carboxylic acid groups (broad SMARTS) is 1. The van der Waals surface area contributed by atoms with Gasteiger partial charge in [0.05, 0.1) is 32.8 Å². The highest BCUT2D eigenvalue weighted by Crippen LogP contribution is 2.25. The molecule has 0 bridgehead atoms. The molecular weight excluding hydrogens is 747 g/mol. The van der Waals surface area contributed by atoms with Crippen molar-refractivity contribution in [2.24, 2.45) is 0 Å². The van der Waals surface area contributed by atoms with Gasteiger partial charge in [-0.05, 0) is 86.0 Å². The van der Waals surface area contributed by atoms with Crippen molar-refractivity contribution in [3.05, 3.63) is 83.9 Å². The molecule has 3 aliphatic rings. The summed E-state index contributed by atoms with van der Waals surface area (Å²) in [5.74, 6) is 1.02. The number of piperidine rings is 1. The van der Waals surface area contributed by atoms with Gasteiger partial charge in [-0.2, -0.15) is 15.0 Å². The second-order valence-electron chi connectivity index (χ2n) is 14.1. The van der Waals surface area contributed by atoms with E-state index in [2.05, 4.69) is 20.4 Å². The fraction of sp³-hybridized carbons (Fsp3) is 0.390. The van der Waals surface area contributed by atoms with Crippen molar-refractivity contribution in [3.63, 3.8) is 0 Å². The van der Waals surface area contributed by atoms with Crippen molar-refractivity contribution in [2.45, 2.75) is 32.2 Å². The van der Waals surface area contributed by atoms with Gasteiger partial charge in [0.1, 0.15) is 5.75 Å². The van der Waals surface area contributed by atoms with Crippen molar-refractivity contribution >= 4 is 47.3 Å². The number of benzene rings is 3. The number of rotatable bonds is 11. The Morgan fingerprint density at radius 3 is 1.79 bits per heavy atom. The van der Waals surface area contributed by atoms with E-state index in [9.17, 15) is 19.2 Å². The van der Waals surface area contributed by atoms with Crippen molar-refractivity contribution in [3.8, 4) is 17.1 Å². The quantitative estimate of drug-likeness (QED) is 0.191. The Morgan fingerprint density at radius 2 is 1.28 bits per heavy atom. The normalized spacial score (nSPS) is 16.1. The van der Waals surface area contributed by atoms with E-state index in [-0.39, 0.29) is 18.4 Å². The highest BCUT2D eigenvalue weighted by molar-refractivity contribution is 6.00. The summed E-state index contributed by atoms with van der Waals surface area (Å²) in [5.41, 5.74) is 2.99. The maximum atomic E-state index is 13.4. The number of likely N-dealkylation sites (tertiary alicyclic amines) is 1. The molecule has 58 heavy (non-hydrogen) atoms. The summed E-state index contributed by atoms with van der Waals surface area (Å²) in [6, 6.07) is 19.9. The first kappa shape index (κ1) is 39.9. The predicted octanol–water partition coefficient (Wildman–Crippen LogP) is 4.61. The molecule has 17 heteroatoms. The number of urea groups is 1. The van der Waals surface area contributed by atoms with Gasteiger partial charge in [-0.3, -0.25) is 9.59 Å². The van der Waals surface area contributed by atoms with E-state index in [4.69, 9.17) is 34.3 Å². The molecule has 4 aromatic rings. The van der Waals surface area contributed by atoms with Crippen molar-refractivity contribution < 1.29 is 38.5 Å². The summed E-state index contributed by atoms with van der Waals surface area (Å²) in [6.45, 7) is 8.47. The highest BCUT2D eigenvalue weighted by Gasteiger charge is 2.30. The van der Waals surface area contributed by atoms with Gasteiger partial charge in [0, 0.05) is 74.4 Å². The van der Waals surface area contributed by atoms with Crippen LogP contribution >= 0.6 is 0 Å². The first-order valence-corrected chi connectivity index (χ1v) is 19.5. The lowest BCUT2D eigenvalue weighted by atomic mass is 10.0. The molecule has 0 saturated carbocycles. The van der Waals surface area contributed by atoms with Crippen LogP contribution in [0, 0.1) is 0 Å². The third-order valence-corrected chi connectivity index (χ3v) is 10.2. The number of nitrogens with zero attached hydrogens (tertiary/aromatic N) is 7. The number of aromatic nitrogens is 3. The third-order valence-electron chi connectivity index (χ3n) is 10.2. The van der Waals surface area contributed by atoms with Gasteiger partial charge in [0.2, 0.25) is 11.9 Å². The lowest BCUT2D eigenvalue weighted by Gasteiger charge is -2.37. The molecule has 4 amide bonds. The molecule has 0 aliphatic carbocycles. The van der Waals surface area contributed by atoms with Crippen molar-refractivity contribution in [1.82, 2.24) is 24.8 Å². The van der Waals surface area contributed by atoms with Gasteiger partial charge in [0.15, 0.2) is 5.82 Å². The first-order valence-electron chi connectivity index (χ1n) is 19.5. The minimum atomic E-state index is -0.934. The molecule has 304 valence electrons. The van der Waals surface area contributed by atoms with E-state index in [1.54, 1.807) is 70.5 Å². The van der Waals surface area contributed by atoms with E-state index in [0.717, 1.165) is 5.56 Å². The third kappa shape index (κ3) is 10.1. The smallest absolute Gasteiger partial charge is 0.415 e. The molecule has 0 radical (unpaired) electrons. The number of hydrogen-bond acceptors (Lipinski definition) is 12. The number of morpholine rings is 2. The second-order valence-corrected chi connectivity index (χ2v) is 14.1. The molecule has 7 rings (SSSR count). The molecule has 3 aliphatic heterocycles. The van der Waals surface area contributed by atoms with Gasteiger partial charge < -0.3 is 49.6 Å². The van der Waals surface area contributed by atoms with Crippen LogP contribution < -0.4 is 25.2 Å². The average molecular weight is 794 g/mol. The number of carboxylic acids is 1. The standard InChI is InChI=1S/C41H47N9O8/c1-2-50(41(55)58-34-13-3-28(4-14-34)27-35(51)52)33-15-17-47(18-16-33)37(53)30-7-11-32(12-8-30)43-40(54)42-31-9-5-29(6-10-31)36-44-38(48-19-23-56-24-20-48)46-39(45-36)49-21-25-57-26-22-49/h3-14,33H,2,15-27H2,1H3,(H,51,52)(H2,42,43,54). The molecule has 3 saturated heterocycles. The Bertz CT molecular complexity index is 2010. The molecule has 3 N–H and O–H groups in total. The first-order chi connectivity index (χ1) is 28.2. The summed E-state index contributed by atoms with van der Waals surface area (Å²) in [7, 11) is 0. The molecule has 3 aromatic carbocycles. The lowest BCUT2D eigenvalue weighted by Crippen LogP contribution is -2.49. The van der Waals surface area contributed by atoms with Gasteiger partial charge in [-0.25, -0.2) is 9.59 Å². The molecule has 17 nitrogen and oxygen atoms in total. The van der Waals surface area contributed by atoms with Crippen LogP contribution in [0.15, 0.2) is 72.8 Å². The number of carbonyl (C=O) groups excluding carboxylic acids is 3. The molecule has 0 unspecified atom stereocenters. The van der Waals surface area contributed by atoms with Crippen LogP contribution in [0.4, 0.5) is 32.9 Å². The Balaban J connectivity index is 0.898. The van der Waals surface area contributed by atoms with E-state index in [1.165, 1.54) is 0 Å². The monoisotopic (exact) mass is 793 g/mol. The van der Waals surface area contributed by atoms with Crippen molar-refractivity contribution in [1.29, 1.82) is 0 Å². The van der Waals surface area contributed by atoms with E-state index in [0.29, 0.717) is 131 Å². The van der Waals surface area contributed by atoms with Crippen LogP contribution in [-0.2, 0) is 20.7 Å². The fourth-order valence-corrected chi connectivity index (χ4v) is 7.09. The zero-order valence-electron chi connectivity index (χ0n) is 32.3. The predicted molar refractivity (Wildman–Crippen MR) is 216 cm³/mol. The fourth-order valence-electron chi connectivity index (χ4n) is 7.09. The number of carbonyl (C=O) groups is 4. The van der Waals surface area contributed by atoms with Crippen LogP contribution in [0.25, 0.3) is 11.4 Å². The number of ether oxygens (including phenoxy) is 3. The number of anilines is 4. The van der Waals surface area contributed by atoms with Gasteiger partial charge >= 0.3 is 18.1 Å². The zero-order chi connectivity index (χ0) is 40.4. The maximum Gasteiger partial charge on any atom is 0.415 e. The summed E-state index contributed by atoms with van der Waals surface area (Å²) in [6.07, 6.45) is 0.584. The Labute approximate surface area is 335 Å². The molecule has 1 aromatic heterocycles. The number of hydrogen-bond donors (Lipinski definition) is 3. The number of nitrogens with one attached hydrogen (secondary N) is 2. The van der Waals surface area contributed by atoms with Gasteiger partial charge in [0.25, 0.3) is 5.91 Å². The van der Waals surface area contributed by atoms with Gasteiger partial charge in [-0.1, -0.05) is 12.1 Å². The molecule has 0 atom stereocenters. The summed E-state index contributed by atoms with van der Waals surface area (Å²) < 4.78 is 16.6. The Kier molecular flexibility index (Phi) is 12.9. The number of amides is 4. The van der Waals surface area contributed by atoms with Crippen LogP contribution in [0.5, 0.6) is 5.75 Å².